The Hall–Kier alpha value is -0.120. The Morgan fingerprint density at radius 3 is 2.47 bits per heavy atom. The molecular formula is C12H26N2O. The molecule has 0 aliphatic carbocycles. The monoisotopic (exact) mass is 214 g/mol. The van der Waals surface area contributed by atoms with E-state index in [2.05, 4.69) is 30.7 Å². The minimum absolute atomic E-state index is 0.165. The fourth-order valence-corrected chi connectivity index (χ4v) is 2.25. The van der Waals surface area contributed by atoms with Gasteiger partial charge in [0.05, 0.1) is 6.10 Å². The lowest BCUT2D eigenvalue weighted by Crippen LogP contribution is -2.53. The molecule has 0 bridgehead atoms. The number of rotatable bonds is 4. The van der Waals surface area contributed by atoms with Gasteiger partial charge in [0, 0.05) is 32.2 Å². The van der Waals surface area contributed by atoms with Crippen LogP contribution >= 0.6 is 0 Å². The second-order valence-corrected chi connectivity index (χ2v) is 5.23. The number of aliphatic hydroxyl groups excluding tert-OH is 1. The Balaban J connectivity index is 2.36. The van der Waals surface area contributed by atoms with E-state index in [0.29, 0.717) is 12.0 Å². The number of aliphatic hydroxyl groups is 1. The molecule has 0 saturated carbocycles. The van der Waals surface area contributed by atoms with Crippen LogP contribution in [0.1, 0.15) is 27.2 Å². The Morgan fingerprint density at radius 1 is 1.27 bits per heavy atom. The van der Waals surface area contributed by atoms with Crippen LogP contribution in [0.15, 0.2) is 0 Å². The van der Waals surface area contributed by atoms with E-state index >= 15 is 0 Å². The van der Waals surface area contributed by atoms with Crippen molar-refractivity contribution in [2.24, 2.45) is 5.92 Å². The third-order valence-corrected chi connectivity index (χ3v) is 3.41. The van der Waals surface area contributed by atoms with E-state index < -0.39 is 0 Å². The highest BCUT2D eigenvalue weighted by atomic mass is 16.3. The van der Waals surface area contributed by atoms with Crippen LogP contribution in [0.4, 0.5) is 0 Å². The van der Waals surface area contributed by atoms with Crippen molar-refractivity contribution in [3.63, 3.8) is 0 Å². The molecule has 1 rings (SSSR count). The molecule has 2 unspecified atom stereocenters. The summed E-state index contributed by atoms with van der Waals surface area (Å²) in [6.45, 7) is 10.9. The fraction of sp³-hybridized carbons (Fsp3) is 1.00. The van der Waals surface area contributed by atoms with Gasteiger partial charge < -0.3 is 14.9 Å². The van der Waals surface area contributed by atoms with Crippen molar-refractivity contribution in [3.05, 3.63) is 0 Å². The molecule has 3 nitrogen and oxygen atoms in total. The fourth-order valence-electron chi connectivity index (χ4n) is 2.25. The van der Waals surface area contributed by atoms with Crippen molar-refractivity contribution >= 4 is 0 Å². The molecule has 1 aliphatic heterocycles. The topological polar surface area (TPSA) is 26.7 Å². The molecule has 2 atom stereocenters. The van der Waals surface area contributed by atoms with Crippen LogP contribution in [0.3, 0.4) is 0 Å². The largest absolute Gasteiger partial charge is 0.393 e. The second kappa shape index (κ2) is 5.83. The maximum Gasteiger partial charge on any atom is 0.0524 e. The van der Waals surface area contributed by atoms with Crippen LogP contribution in [0.5, 0.6) is 0 Å². The summed E-state index contributed by atoms with van der Waals surface area (Å²) in [6, 6.07) is 0.674. The zero-order chi connectivity index (χ0) is 11.4. The Bertz CT molecular complexity index is 182. The normalized spacial score (nSPS) is 27.2. The summed E-state index contributed by atoms with van der Waals surface area (Å²) in [7, 11) is 2.22. The minimum Gasteiger partial charge on any atom is -0.393 e. The molecule has 0 aromatic heterocycles. The highest BCUT2D eigenvalue weighted by molar-refractivity contribution is 4.82. The number of likely N-dealkylation sites (N-methyl/N-ethyl adjacent to an activating group) is 1. The second-order valence-electron chi connectivity index (χ2n) is 5.23. The van der Waals surface area contributed by atoms with Gasteiger partial charge in [-0.1, -0.05) is 13.8 Å². The van der Waals surface area contributed by atoms with Gasteiger partial charge in [0.1, 0.15) is 0 Å². The maximum atomic E-state index is 9.27. The molecule has 0 spiro atoms. The Morgan fingerprint density at radius 2 is 1.93 bits per heavy atom. The smallest absolute Gasteiger partial charge is 0.0524 e. The standard InChI is InChI=1S/C12H26N2O/c1-10(2)12-9-14(6-5-11(3)15)8-7-13(12)4/h10-12,15H,5-9H2,1-4H3. The Labute approximate surface area is 94.1 Å². The van der Waals surface area contributed by atoms with Crippen LogP contribution in [0.2, 0.25) is 0 Å². The first kappa shape index (κ1) is 12.9. The van der Waals surface area contributed by atoms with E-state index in [1.165, 1.54) is 0 Å². The van der Waals surface area contributed by atoms with Crippen molar-refractivity contribution < 1.29 is 5.11 Å². The first-order valence-electron chi connectivity index (χ1n) is 6.11. The van der Waals surface area contributed by atoms with Gasteiger partial charge in [-0.3, -0.25) is 0 Å². The number of piperazine rings is 1. The molecule has 90 valence electrons. The van der Waals surface area contributed by atoms with E-state index in [4.69, 9.17) is 0 Å². The van der Waals surface area contributed by atoms with Gasteiger partial charge in [-0.15, -0.1) is 0 Å². The SMILES string of the molecule is CC(O)CCN1CCN(C)C(C(C)C)C1. The van der Waals surface area contributed by atoms with Gasteiger partial charge in [-0.2, -0.15) is 0 Å². The van der Waals surface area contributed by atoms with Gasteiger partial charge in [-0.25, -0.2) is 0 Å². The number of hydrogen-bond donors (Lipinski definition) is 1. The third-order valence-electron chi connectivity index (χ3n) is 3.41. The van der Waals surface area contributed by atoms with E-state index in [1.54, 1.807) is 0 Å². The van der Waals surface area contributed by atoms with E-state index in [-0.39, 0.29) is 6.10 Å². The molecule has 1 N–H and O–H groups in total. The van der Waals surface area contributed by atoms with Gasteiger partial charge in [0.15, 0.2) is 0 Å². The van der Waals surface area contributed by atoms with Gasteiger partial charge in [0.25, 0.3) is 0 Å². The van der Waals surface area contributed by atoms with E-state index in [9.17, 15) is 5.11 Å². The zero-order valence-electron chi connectivity index (χ0n) is 10.6. The first-order chi connectivity index (χ1) is 7.00. The van der Waals surface area contributed by atoms with Crippen LogP contribution < -0.4 is 0 Å². The molecule has 3 heteroatoms. The quantitative estimate of drug-likeness (QED) is 0.757. The van der Waals surface area contributed by atoms with Crippen LogP contribution in [-0.2, 0) is 0 Å². The molecule has 1 heterocycles. The lowest BCUT2D eigenvalue weighted by molar-refractivity contribution is 0.0598. The lowest BCUT2D eigenvalue weighted by Gasteiger charge is -2.41. The van der Waals surface area contributed by atoms with Crippen molar-refractivity contribution in [2.45, 2.75) is 39.3 Å². The molecule has 15 heavy (non-hydrogen) atoms. The molecule has 0 aromatic carbocycles. The molecule has 0 amide bonds. The molecule has 0 radical (unpaired) electrons. The summed E-state index contributed by atoms with van der Waals surface area (Å²) < 4.78 is 0. The molecule has 1 fully saturated rings. The Kier molecular flexibility index (Phi) is 5.03. The number of nitrogens with zero attached hydrogens (tertiary/aromatic N) is 2. The molecular weight excluding hydrogens is 188 g/mol. The maximum absolute atomic E-state index is 9.27. The number of hydrogen-bond acceptors (Lipinski definition) is 3. The van der Waals surface area contributed by atoms with Crippen molar-refractivity contribution in [2.75, 3.05) is 33.2 Å². The van der Waals surface area contributed by atoms with E-state index in [0.717, 1.165) is 32.6 Å². The molecule has 1 aliphatic rings. The highest BCUT2D eigenvalue weighted by Gasteiger charge is 2.26. The van der Waals surface area contributed by atoms with Crippen molar-refractivity contribution in [1.29, 1.82) is 0 Å². The van der Waals surface area contributed by atoms with Gasteiger partial charge in [0.2, 0.25) is 0 Å². The predicted octanol–water partition coefficient (Wildman–Crippen LogP) is 1.03. The summed E-state index contributed by atoms with van der Waals surface area (Å²) in [5.41, 5.74) is 0. The molecule has 1 saturated heterocycles. The van der Waals surface area contributed by atoms with Gasteiger partial charge >= 0.3 is 0 Å². The van der Waals surface area contributed by atoms with Crippen molar-refractivity contribution in [1.82, 2.24) is 9.80 Å². The minimum atomic E-state index is -0.165. The van der Waals surface area contributed by atoms with E-state index in [1.807, 2.05) is 6.92 Å². The average molecular weight is 214 g/mol. The summed E-state index contributed by atoms with van der Waals surface area (Å²) >= 11 is 0. The highest BCUT2D eigenvalue weighted by Crippen LogP contribution is 2.15. The summed E-state index contributed by atoms with van der Waals surface area (Å²) in [5.74, 6) is 0.712. The zero-order valence-corrected chi connectivity index (χ0v) is 10.6. The van der Waals surface area contributed by atoms with Crippen molar-refractivity contribution in [3.8, 4) is 0 Å². The summed E-state index contributed by atoms with van der Waals surface area (Å²) in [6.07, 6.45) is 0.733. The summed E-state index contributed by atoms with van der Waals surface area (Å²) in [5, 5.41) is 9.27. The predicted molar refractivity (Wildman–Crippen MR) is 64.0 cm³/mol. The lowest BCUT2D eigenvalue weighted by atomic mass is 10.00. The first-order valence-corrected chi connectivity index (χ1v) is 6.11. The van der Waals surface area contributed by atoms with Crippen LogP contribution in [0, 0.1) is 5.92 Å². The summed E-state index contributed by atoms with van der Waals surface area (Å²) in [4.78, 5) is 4.95. The van der Waals surface area contributed by atoms with Crippen LogP contribution in [-0.4, -0.2) is 60.3 Å². The average Bonchev–Trinajstić information content (AvgIpc) is 2.16. The van der Waals surface area contributed by atoms with Gasteiger partial charge in [-0.05, 0) is 26.3 Å². The third kappa shape index (κ3) is 4.09. The van der Waals surface area contributed by atoms with Crippen LogP contribution in [0.25, 0.3) is 0 Å². The molecule has 0 aromatic rings.